The fourth-order valence-corrected chi connectivity index (χ4v) is 2.88. The fraction of sp³-hybridized carbons (Fsp3) is 0.900. The summed E-state index contributed by atoms with van der Waals surface area (Å²) in [5, 5.41) is 8.71. The molecule has 0 heterocycles. The van der Waals surface area contributed by atoms with Gasteiger partial charge in [0.25, 0.3) is 0 Å². The third-order valence-electron chi connectivity index (χ3n) is 3.06. The van der Waals surface area contributed by atoms with Crippen molar-refractivity contribution in [2.75, 3.05) is 0 Å². The molecule has 84 valence electrons. The lowest BCUT2D eigenvalue weighted by atomic mass is 9.95. The third kappa shape index (κ3) is 4.65. The maximum absolute atomic E-state index is 10.4. The van der Waals surface area contributed by atoms with Gasteiger partial charge in [-0.3, -0.25) is 0 Å². The molecule has 0 unspecified atom stereocenters. The van der Waals surface area contributed by atoms with E-state index in [9.17, 15) is 4.79 Å². The normalized spacial score (nSPS) is 12.2. The van der Waals surface area contributed by atoms with Crippen molar-refractivity contribution in [1.82, 2.24) is 0 Å². The van der Waals surface area contributed by atoms with Crippen LogP contribution in [0.25, 0.3) is 0 Å². The van der Waals surface area contributed by atoms with Gasteiger partial charge in [0.05, 0.1) is 0 Å². The Kier molecular flexibility index (Phi) is 6.62. The summed E-state index contributed by atoms with van der Waals surface area (Å²) in [7, 11) is -0.949. The molecule has 0 radical (unpaired) electrons. The van der Waals surface area contributed by atoms with E-state index in [1.807, 2.05) is 0 Å². The van der Waals surface area contributed by atoms with Crippen molar-refractivity contribution in [3.8, 4) is 0 Å². The van der Waals surface area contributed by atoms with E-state index in [1.54, 1.807) is 0 Å². The Morgan fingerprint density at radius 1 is 1.36 bits per heavy atom. The molecule has 14 heavy (non-hydrogen) atoms. The van der Waals surface area contributed by atoms with Crippen LogP contribution >= 0.6 is 0 Å². The van der Waals surface area contributed by atoms with Crippen LogP contribution in [-0.2, 0) is 4.43 Å². The molecule has 0 aliphatic rings. The molecule has 0 aliphatic carbocycles. The van der Waals surface area contributed by atoms with E-state index in [2.05, 4.69) is 20.8 Å². The van der Waals surface area contributed by atoms with Gasteiger partial charge in [0.15, 0.2) is 0 Å². The average molecular weight is 218 g/mol. The van der Waals surface area contributed by atoms with Crippen molar-refractivity contribution in [2.24, 2.45) is 0 Å². The molecule has 1 N–H and O–H groups in total. The Balaban J connectivity index is 4.13. The molecular formula is C10H22O3Si. The summed E-state index contributed by atoms with van der Waals surface area (Å²) in [5.74, 6) is 0. The van der Waals surface area contributed by atoms with Crippen molar-refractivity contribution in [3.63, 3.8) is 0 Å². The third-order valence-corrected chi connectivity index (χ3v) is 5.42. The molecule has 0 aromatic heterocycles. The summed E-state index contributed by atoms with van der Waals surface area (Å²) >= 11 is 0. The number of hydrogen-bond acceptors (Lipinski definition) is 2. The minimum absolute atomic E-state index is 0.203. The summed E-state index contributed by atoms with van der Waals surface area (Å²) in [6, 6.07) is 0. The van der Waals surface area contributed by atoms with Crippen molar-refractivity contribution in [2.45, 2.75) is 57.9 Å². The zero-order valence-electron chi connectivity index (χ0n) is 9.51. The summed E-state index contributed by atoms with van der Waals surface area (Å²) < 4.78 is 4.84. The van der Waals surface area contributed by atoms with Gasteiger partial charge in [-0.1, -0.05) is 46.5 Å². The van der Waals surface area contributed by atoms with Crippen LogP contribution in [0.4, 0.5) is 4.79 Å². The first-order valence-corrected chi connectivity index (χ1v) is 6.74. The van der Waals surface area contributed by atoms with Gasteiger partial charge >= 0.3 is 6.16 Å². The topological polar surface area (TPSA) is 46.5 Å². The predicted octanol–water partition coefficient (Wildman–Crippen LogP) is 2.93. The molecular weight excluding hydrogens is 196 g/mol. The van der Waals surface area contributed by atoms with Crippen LogP contribution < -0.4 is 0 Å². The highest BCUT2D eigenvalue weighted by Gasteiger charge is 2.28. The molecule has 0 amide bonds. The monoisotopic (exact) mass is 218 g/mol. The van der Waals surface area contributed by atoms with E-state index in [0.717, 1.165) is 19.3 Å². The summed E-state index contributed by atoms with van der Waals surface area (Å²) in [5.41, 5.74) is 0. The standard InChI is InChI=1S/C10H22O3Si/c1-4-7-8-10(5-2,6-3)14-13-9(11)12/h4-8,14H2,1-3H3,(H,11,12). The second kappa shape index (κ2) is 6.87. The predicted molar refractivity (Wildman–Crippen MR) is 60.5 cm³/mol. The highest BCUT2D eigenvalue weighted by molar-refractivity contribution is 6.34. The molecule has 0 atom stereocenters. The van der Waals surface area contributed by atoms with Crippen LogP contribution in [0, 0.1) is 0 Å². The SMILES string of the molecule is CCCCC(CC)(CC)[SiH2]OC(=O)O. The smallest absolute Gasteiger partial charge is 0.491 e. The Hall–Kier alpha value is -0.513. The van der Waals surface area contributed by atoms with E-state index in [0.29, 0.717) is 0 Å². The van der Waals surface area contributed by atoms with E-state index >= 15 is 0 Å². The van der Waals surface area contributed by atoms with Gasteiger partial charge in [0, 0.05) is 0 Å². The zero-order chi connectivity index (χ0) is 11.0. The first-order chi connectivity index (χ1) is 6.60. The molecule has 0 bridgehead atoms. The minimum atomic E-state index is -1.10. The lowest BCUT2D eigenvalue weighted by molar-refractivity contribution is 0.143. The molecule has 0 aromatic rings. The quantitative estimate of drug-likeness (QED) is 0.668. The van der Waals surface area contributed by atoms with Gasteiger partial charge in [-0.05, 0) is 11.5 Å². The van der Waals surface area contributed by atoms with Crippen LogP contribution in [0.5, 0.6) is 0 Å². The first kappa shape index (κ1) is 13.5. The highest BCUT2D eigenvalue weighted by atomic mass is 28.2. The molecule has 0 aromatic carbocycles. The summed E-state index contributed by atoms with van der Waals surface area (Å²) in [4.78, 5) is 10.4. The molecule has 0 rings (SSSR count). The second-order valence-corrected chi connectivity index (χ2v) is 5.94. The molecule has 0 saturated carbocycles. The van der Waals surface area contributed by atoms with E-state index in [1.165, 1.54) is 12.8 Å². The Labute approximate surface area is 88.8 Å². The zero-order valence-corrected chi connectivity index (χ0v) is 10.9. The van der Waals surface area contributed by atoms with Gasteiger partial charge in [-0.25, -0.2) is 4.79 Å². The number of unbranched alkanes of at least 4 members (excludes halogenated alkanes) is 1. The van der Waals surface area contributed by atoms with Gasteiger partial charge < -0.3 is 9.53 Å². The minimum Gasteiger partial charge on any atom is -0.494 e. The van der Waals surface area contributed by atoms with Crippen LogP contribution in [0.1, 0.15) is 52.9 Å². The number of carboxylic acid groups (broad SMARTS) is 1. The highest BCUT2D eigenvalue weighted by Crippen LogP contribution is 2.39. The molecule has 4 heteroatoms. The maximum Gasteiger partial charge on any atom is 0.491 e. The Morgan fingerprint density at radius 3 is 2.29 bits per heavy atom. The Morgan fingerprint density at radius 2 is 1.93 bits per heavy atom. The van der Waals surface area contributed by atoms with Gasteiger partial charge in [-0.2, -0.15) is 0 Å². The molecule has 0 fully saturated rings. The lowest BCUT2D eigenvalue weighted by Gasteiger charge is -2.29. The second-order valence-electron chi connectivity index (χ2n) is 3.87. The van der Waals surface area contributed by atoms with E-state index in [-0.39, 0.29) is 5.04 Å². The van der Waals surface area contributed by atoms with E-state index < -0.39 is 15.9 Å². The first-order valence-electron chi connectivity index (χ1n) is 5.46. The van der Waals surface area contributed by atoms with Gasteiger partial charge in [0.2, 0.25) is 9.76 Å². The van der Waals surface area contributed by atoms with Crippen molar-refractivity contribution in [3.05, 3.63) is 0 Å². The van der Waals surface area contributed by atoms with Crippen LogP contribution in [-0.4, -0.2) is 21.0 Å². The van der Waals surface area contributed by atoms with Crippen LogP contribution in [0.2, 0.25) is 5.04 Å². The fourth-order valence-electron chi connectivity index (χ4n) is 1.65. The van der Waals surface area contributed by atoms with Crippen LogP contribution in [0.15, 0.2) is 0 Å². The summed E-state index contributed by atoms with van der Waals surface area (Å²) in [6.07, 6.45) is 4.46. The van der Waals surface area contributed by atoms with Gasteiger partial charge in [-0.15, -0.1) is 0 Å². The number of carbonyl (C=O) groups is 1. The van der Waals surface area contributed by atoms with Crippen molar-refractivity contribution < 1.29 is 14.3 Å². The van der Waals surface area contributed by atoms with Crippen LogP contribution in [0.3, 0.4) is 0 Å². The summed E-state index contributed by atoms with van der Waals surface area (Å²) in [6.45, 7) is 6.43. The molecule has 0 saturated heterocycles. The average Bonchev–Trinajstić information content (AvgIpc) is 2.19. The van der Waals surface area contributed by atoms with Gasteiger partial charge in [0.1, 0.15) is 0 Å². The van der Waals surface area contributed by atoms with E-state index in [4.69, 9.17) is 9.53 Å². The largest absolute Gasteiger partial charge is 0.494 e. The maximum atomic E-state index is 10.4. The lowest BCUT2D eigenvalue weighted by Crippen LogP contribution is -2.23. The number of hydrogen-bond donors (Lipinski definition) is 1. The molecule has 0 aliphatic heterocycles. The molecule has 3 nitrogen and oxygen atoms in total. The Bertz CT molecular complexity index is 167. The number of rotatable bonds is 7. The van der Waals surface area contributed by atoms with Crippen molar-refractivity contribution >= 4 is 15.9 Å². The molecule has 0 spiro atoms. The van der Waals surface area contributed by atoms with Crippen molar-refractivity contribution in [1.29, 1.82) is 0 Å².